The first kappa shape index (κ1) is 18.9. The third-order valence-electron chi connectivity index (χ3n) is 5.54. The van der Waals surface area contributed by atoms with Crippen LogP contribution in [0.5, 0.6) is 5.75 Å². The average Bonchev–Trinajstić information content (AvgIpc) is 3.32. The van der Waals surface area contributed by atoms with Gasteiger partial charge in [0.05, 0.1) is 29.7 Å². The number of nitriles is 1. The lowest BCUT2D eigenvalue weighted by Gasteiger charge is -2.21. The second-order valence-electron chi connectivity index (χ2n) is 7.81. The maximum atomic E-state index is 9.66. The van der Waals surface area contributed by atoms with Gasteiger partial charge in [-0.3, -0.25) is 9.36 Å². The van der Waals surface area contributed by atoms with E-state index in [2.05, 4.69) is 41.3 Å². The molecule has 1 aliphatic rings. The number of hydrogen-bond acceptors (Lipinski definition) is 6. The fourth-order valence-electron chi connectivity index (χ4n) is 4.10. The van der Waals surface area contributed by atoms with Crippen molar-refractivity contribution in [1.82, 2.24) is 24.5 Å². The van der Waals surface area contributed by atoms with Gasteiger partial charge in [-0.2, -0.15) is 15.5 Å². The van der Waals surface area contributed by atoms with Crippen LogP contribution in [0.2, 0.25) is 0 Å². The van der Waals surface area contributed by atoms with Gasteiger partial charge in [-0.05, 0) is 19.9 Å². The Morgan fingerprint density at radius 1 is 1.26 bits per heavy atom. The van der Waals surface area contributed by atoms with E-state index in [1.807, 2.05) is 26.2 Å². The van der Waals surface area contributed by atoms with Crippen molar-refractivity contribution in [3.05, 3.63) is 65.1 Å². The second-order valence-corrected chi connectivity index (χ2v) is 7.81. The summed E-state index contributed by atoms with van der Waals surface area (Å²) in [7, 11) is 1.90. The molecule has 2 N–H and O–H groups in total. The molecule has 4 aromatic rings. The van der Waals surface area contributed by atoms with Crippen molar-refractivity contribution in [2.24, 2.45) is 7.05 Å². The summed E-state index contributed by atoms with van der Waals surface area (Å²) in [6.07, 6.45) is 4.92. The lowest BCUT2D eigenvalue weighted by Crippen LogP contribution is -2.11. The molecule has 0 spiro atoms. The van der Waals surface area contributed by atoms with E-state index in [0.29, 0.717) is 29.4 Å². The Bertz CT molecular complexity index is 1360. The van der Waals surface area contributed by atoms with E-state index in [9.17, 15) is 5.26 Å². The number of aryl methyl sites for hydroxylation is 2. The third kappa shape index (κ3) is 3.11. The Labute approximate surface area is 179 Å². The van der Waals surface area contributed by atoms with Crippen LogP contribution in [0.1, 0.15) is 35.3 Å². The molecule has 1 aromatic carbocycles. The predicted molar refractivity (Wildman–Crippen MR) is 116 cm³/mol. The summed E-state index contributed by atoms with van der Waals surface area (Å²) in [6, 6.07) is 10.3. The number of nitrogens with two attached hydrogens (primary N) is 1. The number of benzene rings is 1. The van der Waals surface area contributed by atoms with Crippen LogP contribution in [-0.2, 0) is 13.6 Å². The molecule has 1 aliphatic heterocycles. The molecule has 0 amide bonds. The largest absolute Gasteiger partial charge is 0.482 e. The van der Waals surface area contributed by atoms with Gasteiger partial charge in [-0.1, -0.05) is 23.8 Å². The molecule has 0 aliphatic carbocycles. The summed E-state index contributed by atoms with van der Waals surface area (Å²) in [5, 5.41) is 18.9. The monoisotopic (exact) mass is 411 g/mol. The molecule has 0 saturated heterocycles. The minimum atomic E-state index is -0.288. The highest BCUT2D eigenvalue weighted by Crippen LogP contribution is 2.37. The topological polar surface area (TPSA) is 108 Å². The normalized spacial score (nSPS) is 14.8. The number of anilines is 1. The van der Waals surface area contributed by atoms with Crippen molar-refractivity contribution < 1.29 is 4.74 Å². The number of ether oxygens (including phenoxy) is 1. The van der Waals surface area contributed by atoms with Crippen molar-refractivity contribution in [3.63, 3.8) is 0 Å². The van der Waals surface area contributed by atoms with Gasteiger partial charge in [0.2, 0.25) is 0 Å². The van der Waals surface area contributed by atoms with Gasteiger partial charge in [0.1, 0.15) is 12.2 Å². The predicted octanol–water partition coefficient (Wildman–Crippen LogP) is 3.61. The molecule has 2 bridgehead atoms. The Morgan fingerprint density at radius 2 is 2.10 bits per heavy atom. The minimum absolute atomic E-state index is 0.288. The molecule has 0 radical (unpaired) electrons. The first-order valence-corrected chi connectivity index (χ1v) is 9.96. The highest BCUT2D eigenvalue weighted by molar-refractivity contribution is 5.71. The van der Waals surface area contributed by atoms with Crippen molar-refractivity contribution in [2.75, 3.05) is 5.73 Å². The number of pyridine rings is 1. The van der Waals surface area contributed by atoms with Crippen LogP contribution in [0.4, 0.5) is 5.82 Å². The summed E-state index contributed by atoms with van der Waals surface area (Å²) in [5.74, 6) is 0.765. The van der Waals surface area contributed by atoms with Gasteiger partial charge in [-0.25, -0.2) is 4.98 Å². The van der Waals surface area contributed by atoms with Crippen molar-refractivity contribution in [2.45, 2.75) is 26.5 Å². The van der Waals surface area contributed by atoms with Crippen molar-refractivity contribution in [3.8, 4) is 34.3 Å². The fourth-order valence-corrected chi connectivity index (χ4v) is 4.10. The molecule has 8 heteroatoms. The lowest BCUT2D eigenvalue weighted by atomic mass is 9.96. The third-order valence-corrected chi connectivity index (χ3v) is 5.54. The van der Waals surface area contributed by atoms with E-state index in [1.54, 1.807) is 21.8 Å². The molecule has 3 aromatic heterocycles. The number of aromatic nitrogens is 5. The van der Waals surface area contributed by atoms with E-state index in [1.165, 1.54) is 0 Å². The molecule has 5 rings (SSSR count). The summed E-state index contributed by atoms with van der Waals surface area (Å²) < 4.78 is 9.89. The number of nitrogens with zero attached hydrogens (tertiary/aromatic N) is 6. The molecule has 4 heterocycles. The second kappa shape index (κ2) is 6.99. The SMILES string of the molecule is Cc1ccc2c(c1)[C@@H](C)Oc1cc(cnc1N)-c1c(C#N)cnn1Cc1cn(C)nc1-2. The Morgan fingerprint density at radius 3 is 2.90 bits per heavy atom. The maximum absolute atomic E-state index is 9.66. The molecule has 0 fully saturated rings. The zero-order valence-corrected chi connectivity index (χ0v) is 17.5. The zero-order valence-electron chi connectivity index (χ0n) is 17.5. The van der Waals surface area contributed by atoms with E-state index in [-0.39, 0.29) is 6.10 Å². The molecule has 31 heavy (non-hydrogen) atoms. The summed E-state index contributed by atoms with van der Waals surface area (Å²) in [5.41, 5.74) is 13.0. The van der Waals surface area contributed by atoms with Crippen molar-refractivity contribution in [1.29, 1.82) is 5.26 Å². The van der Waals surface area contributed by atoms with Crippen LogP contribution < -0.4 is 10.5 Å². The van der Waals surface area contributed by atoms with Gasteiger partial charge < -0.3 is 10.5 Å². The Balaban J connectivity index is 1.82. The molecule has 0 saturated carbocycles. The molecule has 8 nitrogen and oxygen atoms in total. The van der Waals surface area contributed by atoms with Gasteiger partial charge in [0, 0.05) is 41.7 Å². The van der Waals surface area contributed by atoms with E-state index >= 15 is 0 Å². The van der Waals surface area contributed by atoms with Crippen LogP contribution in [-0.4, -0.2) is 24.5 Å². The number of nitrogen functional groups attached to an aromatic ring is 1. The van der Waals surface area contributed by atoms with Crippen LogP contribution in [0.25, 0.3) is 22.5 Å². The average molecular weight is 411 g/mol. The zero-order chi connectivity index (χ0) is 21.7. The molecule has 154 valence electrons. The fraction of sp³-hybridized carbons (Fsp3) is 0.217. The summed E-state index contributed by atoms with van der Waals surface area (Å²) in [6.45, 7) is 4.50. The minimum Gasteiger partial charge on any atom is -0.482 e. The summed E-state index contributed by atoms with van der Waals surface area (Å²) in [4.78, 5) is 4.32. The van der Waals surface area contributed by atoms with Gasteiger partial charge in [0.15, 0.2) is 11.6 Å². The number of fused-ring (bicyclic) bond motifs is 7. The van der Waals surface area contributed by atoms with E-state index in [4.69, 9.17) is 15.6 Å². The smallest absolute Gasteiger partial charge is 0.166 e. The molecule has 0 unspecified atom stereocenters. The number of hydrogen-bond donors (Lipinski definition) is 1. The standard InChI is InChI=1S/C23H21N7O/c1-13-4-5-18-19(6-13)14(2)31-20-7-15(9-26-23(20)25)22-16(8-24)10-27-30(22)12-17-11-29(3)28-21(17)18/h4-7,9-11,14H,12H2,1-3H3,(H2,25,26)/t14-/m1/s1. The Kier molecular flexibility index (Phi) is 4.26. The van der Waals surface area contributed by atoms with Crippen molar-refractivity contribution >= 4 is 5.82 Å². The first-order valence-electron chi connectivity index (χ1n) is 9.96. The van der Waals surface area contributed by atoms with Crippen LogP contribution in [0.3, 0.4) is 0 Å². The maximum Gasteiger partial charge on any atom is 0.166 e. The summed E-state index contributed by atoms with van der Waals surface area (Å²) >= 11 is 0. The van der Waals surface area contributed by atoms with E-state index in [0.717, 1.165) is 33.5 Å². The molecule has 1 atom stereocenters. The van der Waals surface area contributed by atoms with Crippen LogP contribution >= 0.6 is 0 Å². The molecular formula is C23H21N7O. The Hall–Kier alpha value is -4.12. The first-order chi connectivity index (χ1) is 14.9. The van der Waals surface area contributed by atoms with Gasteiger partial charge >= 0.3 is 0 Å². The lowest BCUT2D eigenvalue weighted by molar-refractivity contribution is 0.228. The number of rotatable bonds is 0. The van der Waals surface area contributed by atoms with Gasteiger partial charge in [-0.15, -0.1) is 0 Å². The highest BCUT2D eigenvalue weighted by atomic mass is 16.5. The van der Waals surface area contributed by atoms with Gasteiger partial charge in [0.25, 0.3) is 0 Å². The quantitative estimate of drug-likeness (QED) is 0.474. The molecular weight excluding hydrogens is 390 g/mol. The van der Waals surface area contributed by atoms with E-state index < -0.39 is 0 Å². The highest BCUT2D eigenvalue weighted by Gasteiger charge is 2.23. The van der Waals surface area contributed by atoms with Crippen LogP contribution in [0.15, 0.2) is 42.9 Å². The van der Waals surface area contributed by atoms with Crippen LogP contribution in [0, 0.1) is 18.3 Å².